The molecule has 0 aromatic heterocycles. The minimum atomic E-state index is -0.177. The number of nitrogens with zero attached hydrogens (tertiary/aromatic N) is 1. The van der Waals surface area contributed by atoms with Gasteiger partial charge in [-0.3, -0.25) is 9.59 Å². The summed E-state index contributed by atoms with van der Waals surface area (Å²) < 4.78 is 0. The first kappa shape index (κ1) is 19.4. The maximum atomic E-state index is 12.5. The molecule has 0 heterocycles. The third-order valence-corrected chi connectivity index (χ3v) is 4.66. The van der Waals surface area contributed by atoms with E-state index in [1.807, 2.05) is 54.6 Å². The maximum absolute atomic E-state index is 12.5. The zero-order valence-electron chi connectivity index (χ0n) is 15.9. The number of carbonyl (C=O) groups excluding carboxylic acids is 2. The lowest BCUT2D eigenvalue weighted by Crippen LogP contribution is -2.39. The Bertz CT molecular complexity index is 856. The zero-order valence-corrected chi connectivity index (χ0v) is 15.9. The van der Waals surface area contributed by atoms with Crippen molar-refractivity contribution in [1.82, 2.24) is 10.2 Å². The van der Waals surface area contributed by atoms with E-state index in [2.05, 4.69) is 29.6 Å². The van der Waals surface area contributed by atoms with E-state index in [0.29, 0.717) is 12.1 Å². The summed E-state index contributed by atoms with van der Waals surface area (Å²) in [6.45, 7) is 0.490. The van der Waals surface area contributed by atoms with Crippen molar-refractivity contribution in [1.29, 1.82) is 0 Å². The van der Waals surface area contributed by atoms with E-state index >= 15 is 0 Å². The molecule has 0 spiro atoms. The summed E-state index contributed by atoms with van der Waals surface area (Å²) in [5, 5.41) is 2.98. The van der Waals surface area contributed by atoms with Crippen LogP contribution in [0, 0.1) is 0 Å². The predicted octanol–water partition coefficient (Wildman–Crippen LogP) is 3.71. The van der Waals surface area contributed by atoms with Crippen molar-refractivity contribution >= 4 is 11.8 Å². The van der Waals surface area contributed by atoms with Crippen LogP contribution in [0.3, 0.4) is 0 Å². The summed E-state index contributed by atoms with van der Waals surface area (Å²) in [5.74, 6) is -0.288. The highest BCUT2D eigenvalue weighted by Gasteiger charge is 2.18. The molecule has 3 aromatic carbocycles. The molecule has 0 aliphatic rings. The first-order valence-corrected chi connectivity index (χ1v) is 9.32. The monoisotopic (exact) mass is 372 g/mol. The van der Waals surface area contributed by atoms with Gasteiger partial charge >= 0.3 is 0 Å². The summed E-state index contributed by atoms with van der Waals surface area (Å²) >= 11 is 0. The van der Waals surface area contributed by atoms with Crippen LogP contribution in [0.25, 0.3) is 0 Å². The lowest BCUT2D eigenvalue weighted by atomic mass is 9.91. The molecule has 2 amide bonds. The molecular weight excluding hydrogens is 348 g/mol. The van der Waals surface area contributed by atoms with E-state index in [1.165, 1.54) is 4.90 Å². The van der Waals surface area contributed by atoms with Gasteiger partial charge in [-0.1, -0.05) is 78.9 Å². The Kier molecular flexibility index (Phi) is 6.58. The van der Waals surface area contributed by atoms with Crippen LogP contribution in [-0.4, -0.2) is 36.9 Å². The highest BCUT2D eigenvalue weighted by molar-refractivity contribution is 5.96. The molecule has 4 heteroatoms. The minimum Gasteiger partial charge on any atom is -0.354 e. The van der Waals surface area contributed by atoms with E-state index in [-0.39, 0.29) is 24.3 Å². The Labute approximate surface area is 165 Å². The normalized spacial score (nSPS) is 10.5. The van der Waals surface area contributed by atoms with Crippen molar-refractivity contribution in [3.63, 3.8) is 0 Å². The molecule has 0 aliphatic heterocycles. The Morgan fingerprint density at radius 2 is 1.25 bits per heavy atom. The number of carbonyl (C=O) groups is 2. The number of benzene rings is 3. The van der Waals surface area contributed by atoms with Gasteiger partial charge in [0.25, 0.3) is 5.91 Å². The molecule has 1 N–H and O–H groups in total. The fraction of sp³-hybridized carbons (Fsp3) is 0.167. The molecule has 4 nitrogen and oxygen atoms in total. The number of hydrogen-bond donors (Lipinski definition) is 1. The van der Waals surface area contributed by atoms with Gasteiger partial charge in [-0.05, 0) is 23.3 Å². The first-order chi connectivity index (χ1) is 13.6. The second kappa shape index (κ2) is 9.51. The lowest BCUT2D eigenvalue weighted by Gasteiger charge is -2.21. The largest absolute Gasteiger partial charge is 0.354 e. The molecule has 3 aromatic rings. The van der Waals surface area contributed by atoms with Crippen molar-refractivity contribution in [2.45, 2.75) is 5.92 Å². The molecule has 142 valence electrons. The van der Waals surface area contributed by atoms with Crippen LogP contribution in [0.15, 0.2) is 91.0 Å². The van der Waals surface area contributed by atoms with Gasteiger partial charge in [0.15, 0.2) is 0 Å². The molecule has 0 fully saturated rings. The molecule has 0 radical (unpaired) electrons. The third kappa shape index (κ3) is 5.07. The third-order valence-electron chi connectivity index (χ3n) is 4.66. The van der Waals surface area contributed by atoms with E-state index < -0.39 is 0 Å². The summed E-state index contributed by atoms with van der Waals surface area (Å²) in [6, 6.07) is 29.2. The topological polar surface area (TPSA) is 49.4 Å². The van der Waals surface area contributed by atoms with Crippen molar-refractivity contribution in [2.75, 3.05) is 20.1 Å². The second-order valence-corrected chi connectivity index (χ2v) is 6.71. The van der Waals surface area contributed by atoms with E-state index in [4.69, 9.17) is 0 Å². The number of likely N-dealkylation sites (N-methyl/N-ethyl adjacent to an activating group) is 1. The minimum absolute atomic E-state index is 0.0179. The highest BCUT2D eigenvalue weighted by Crippen LogP contribution is 2.23. The molecule has 0 bridgehead atoms. The summed E-state index contributed by atoms with van der Waals surface area (Å²) in [7, 11) is 1.64. The number of rotatable bonds is 7. The fourth-order valence-electron chi connectivity index (χ4n) is 3.16. The smallest absolute Gasteiger partial charge is 0.254 e. The quantitative estimate of drug-likeness (QED) is 0.687. The van der Waals surface area contributed by atoms with Crippen LogP contribution in [0.2, 0.25) is 0 Å². The van der Waals surface area contributed by atoms with E-state index in [1.54, 1.807) is 19.2 Å². The summed E-state index contributed by atoms with van der Waals surface area (Å²) in [4.78, 5) is 26.3. The SMILES string of the molecule is CN(CC(=O)NCC(c1ccccc1)c1ccccc1)C(=O)c1ccccc1. The van der Waals surface area contributed by atoms with Gasteiger partial charge in [-0.15, -0.1) is 0 Å². The van der Waals surface area contributed by atoms with Gasteiger partial charge in [0.2, 0.25) is 5.91 Å². The van der Waals surface area contributed by atoms with Crippen LogP contribution in [-0.2, 0) is 4.79 Å². The molecule has 0 unspecified atom stereocenters. The standard InChI is InChI=1S/C24H24N2O2/c1-26(24(28)21-15-9-4-10-16-21)18-23(27)25-17-22(19-11-5-2-6-12-19)20-13-7-3-8-14-20/h2-16,22H,17-18H2,1H3,(H,25,27). The van der Waals surface area contributed by atoms with Crippen LogP contribution in [0.4, 0.5) is 0 Å². The molecule has 0 atom stereocenters. The Hall–Kier alpha value is -3.40. The predicted molar refractivity (Wildman–Crippen MR) is 111 cm³/mol. The van der Waals surface area contributed by atoms with Crippen molar-refractivity contribution in [3.05, 3.63) is 108 Å². The molecule has 0 saturated heterocycles. The van der Waals surface area contributed by atoms with Crippen molar-refractivity contribution in [3.8, 4) is 0 Å². The van der Waals surface area contributed by atoms with Gasteiger partial charge in [-0.25, -0.2) is 0 Å². The van der Waals surface area contributed by atoms with Gasteiger partial charge in [0, 0.05) is 25.1 Å². The second-order valence-electron chi connectivity index (χ2n) is 6.71. The molecule has 28 heavy (non-hydrogen) atoms. The van der Waals surface area contributed by atoms with Crippen LogP contribution >= 0.6 is 0 Å². The number of hydrogen-bond acceptors (Lipinski definition) is 2. The average molecular weight is 372 g/mol. The van der Waals surface area contributed by atoms with Crippen LogP contribution in [0.1, 0.15) is 27.4 Å². The van der Waals surface area contributed by atoms with Gasteiger partial charge in [-0.2, -0.15) is 0 Å². The molecule has 0 aliphatic carbocycles. The summed E-state index contributed by atoms with van der Waals surface area (Å²) in [5.41, 5.74) is 2.86. The van der Waals surface area contributed by atoms with Crippen molar-refractivity contribution < 1.29 is 9.59 Å². The average Bonchev–Trinajstić information content (AvgIpc) is 2.75. The lowest BCUT2D eigenvalue weighted by molar-refractivity contribution is -0.121. The van der Waals surface area contributed by atoms with E-state index in [0.717, 1.165) is 11.1 Å². The Morgan fingerprint density at radius 3 is 1.75 bits per heavy atom. The Morgan fingerprint density at radius 1 is 0.786 bits per heavy atom. The number of amides is 2. The highest BCUT2D eigenvalue weighted by atomic mass is 16.2. The maximum Gasteiger partial charge on any atom is 0.254 e. The fourth-order valence-corrected chi connectivity index (χ4v) is 3.16. The Balaban J connectivity index is 1.63. The van der Waals surface area contributed by atoms with Crippen LogP contribution in [0.5, 0.6) is 0 Å². The van der Waals surface area contributed by atoms with Crippen molar-refractivity contribution in [2.24, 2.45) is 0 Å². The molecular formula is C24H24N2O2. The van der Waals surface area contributed by atoms with Gasteiger partial charge in [0.1, 0.15) is 0 Å². The van der Waals surface area contributed by atoms with Gasteiger partial charge < -0.3 is 10.2 Å². The van der Waals surface area contributed by atoms with Crippen LogP contribution < -0.4 is 5.32 Å². The zero-order chi connectivity index (χ0) is 19.8. The summed E-state index contributed by atoms with van der Waals surface area (Å²) in [6.07, 6.45) is 0. The molecule has 3 rings (SSSR count). The first-order valence-electron chi connectivity index (χ1n) is 9.32. The number of nitrogens with one attached hydrogen (secondary N) is 1. The molecule has 0 saturated carbocycles. The van der Waals surface area contributed by atoms with E-state index in [9.17, 15) is 9.59 Å². The van der Waals surface area contributed by atoms with Gasteiger partial charge in [0.05, 0.1) is 6.54 Å².